The zero-order valence-electron chi connectivity index (χ0n) is 16.4. The zero-order valence-corrected chi connectivity index (χ0v) is 16.4. The minimum Gasteiger partial charge on any atom is -0.356 e. The summed E-state index contributed by atoms with van der Waals surface area (Å²) in [5, 5.41) is 9.28. The van der Waals surface area contributed by atoms with E-state index in [0.717, 1.165) is 57.9 Å². The van der Waals surface area contributed by atoms with E-state index in [2.05, 4.69) is 30.7 Å². The number of rotatable bonds is 8. The lowest BCUT2D eigenvalue weighted by Gasteiger charge is -2.36. The highest BCUT2D eigenvalue weighted by Gasteiger charge is 2.23. The molecule has 1 aliphatic carbocycles. The fraction of sp³-hybridized carbons (Fsp3) is 0.833. The van der Waals surface area contributed by atoms with Crippen molar-refractivity contribution in [2.75, 3.05) is 46.3 Å². The highest BCUT2D eigenvalue weighted by Crippen LogP contribution is 2.18. The lowest BCUT2D eigenvalue weighted by Crippen LogP contribution is -2.54. The molecule has 1 saturated heterocycles. The van der Waals surface area contributed by atoms with Gasteiger partial charge in [-0.3, -0.25) is 19.5 Å². The molecule has 8 heteroatoms. The number of aliphatic imine (C=N–C) groups is 1. The number of carbonyl (C=O) groups excluding carboxylic acids is 2. The van der Waals surface area contributed by atoms with Crippen LogP contribution in [0.15, 0.2) is 4.99 Å². The Morgan fingerprint density at radius 1 is 1.12 bits per heavy atom. The van der Waals surface area contributed by atoms with Gasteiger partial charge in [0.25, 0.3) is 0 Å². The van der Waals surface area contributed by atoms with Gasteiger partial charge in [-0.2, -0.15) is 0 Å². The van der Waals surface area contributed by atoms with E-state index in [1.165, 1.54) is 0 Å². The van der Waals surface area contributed by atoms with Crippen LogP contribution >= 0.6 is 0 Å². The van der Waals surface area contributed by atoms with E-state index in [1.807, 2.05) is 13.8 Å². The number of hydrogen-bond acceptors (Lipinski definition) is 4. The topological polar surface area (TPSA) is 89.1 Å². The van der Waals surface area contributed by atoms with Crippen molar-refractivity contribution in [1.29, 1.82) is 0 Å². The van der Waals surface area contributed by atoms with E-state index in [4.69, 9.17) is 0 Å². The summed E-state index contributed by atoms with van der Waals surface area (Å²) in [5.74, 6) is 1.11. The molecule has 148 valence electrons. The number of hydrogen-bond donors (Lipinski definition) is 3. The van der Waals surface area contributed by atoms with E-state index >= 15 is 0 Å². The molecule has 0 aromatic heterocycles. The average Bonchev–Trinajstić information content (AvgIpc) is 3.39. The van der Waals surface area contributed by atoms with Gasteiger partial charge in [-0.05, 0) is 33.1 Å². The van der Waals surface area contributed by atoms with E-state index in [0.29, 0.717) is 19.0 Å². The molecule has 0 aromatic carbocycles. The molecule has 2 fully saturated rings. The largest absolute Gasteiger partial charge is 0.356 e. The van der Waals surface area contributed by atoms with Crippen LogP contribution in [0.2, 0.25) is 0 Å². The molecule has 26 heavy (non-hydrogen) atoms. The predicted molar refractivity (Wildman–Crippen MR) is 103 cm³/mol. The Labute approximate surface area is 156 Å². The number of carbonyl (C=O) groups is 2. The number of amides is 2. The van der Waals surface area contributed by atoms with Gasteiger partial charge in [0.2, 0.25) is 11.8 Å². The van der Waals surface area contributed by atoms with Crippen LogP contribution in [0, 0.1) is 0 Å². The monoisotopic (exact) mass is 366 g/mol. The van der Waals surface area contributed by atoms with E-state index in [1.54, 1.807) is 7.05 Å². The number of piperazine rings is 1. The number of nitrogens with zero attached hydrogens (tertiary/aromatic N) is 3. The molecule has 2 aliphatic rings. The first-order valence-corrected chi connectivity index (χ1v) is 9.74. The predicted octanol–water partition coefficient (Wildman–Crippen LogP) is -0.237. The van der Waals surface area contributed by atoms with Gasteiger partial charge in [0, 0.05) is 58.3 Å². The summed E-state index contributed by atoms with van der Waals surface area (Å²) >= 11 is 0. The number of guanidine groups is 1. The van der Waals surface area contributed by atoms with Gasteiger partial charge in [-0.1, -0.05) is 0 Å². The molecule has 0 spiro atoms. The molecule has 1 saturated carbocycles. The highest BCUT2D eigenvalue weighted by molar-refractivity contribution is 5.80. The third-order valence-corrected chi connectivity index (χ3v) is 4.51. The summed E-state index contributed by atoms with van der Waals surface area (Å²) in [7, 11) is 1.78. The maximum Gasteiger partial charge on any atom is 0.234 e. The summed E-state index contributed by atoms with van der Waals surface area (Å²) in [6.45, 7) is 8.51. The van der Waals surface area contributed by atoms with E-state index < -0.39 is 0 Å². The Morgan fingerprint density at radius 2 is 1.81 bits per heavy atom. The van der Waals surface area contributed by atoms with Crippen LogP contribution in [0.3, 0.4) is 0 Å². The van der Waals surface area contributed by atoms with Gasteiger partial charge in [-0.25, -0.2) is 0 Å². The number of nitrogens with one attached hydrogen (secondary N) is 3. The molecule has 0 unspecified atom stereocenters. The fourth-order valence-corrected chi connectivity index (χ4v) is 3.00. The van der Waals surface area contributed by atoms with Gasteiger partial charge < -0.3 is 20.9 Å². The van der Waals surface area contributed by atoms with Gasteiger partial charge in [0.15, 0.2) is 5.96 Å². The Morgan fingerprint density at radius 3 is 2.38 bits per heavy atom. The van der Waals surface area contributed by atoms with Crippen molar-refractivity contribution in [3.8, 4) is 0 Å². The van der Waals surface area contributed by atoms with Crippen LogP contribution < -0.4 is 16.0 Å². The molecule has 0 bridgehead atoms. The summed E-state index contributed by atoms with van der Waals surface area (Å²) in [5.41, 5.74) is 0. The highest BCUT2D eigenvalue weighted by atomic mass is 16.2. The van der Waals surface area contributed by atoms with Crippen LogP contribution in [0.1, 0.15) is 39.5 Å². The zero-order chi connectivity index (χ0) is 18.9. The molecular formula is C18H34N6O2. The first-order chi connectivity index (χ1) is 12.5. The Hall–Kier alpha value is -1.83. The second kappa shape index (κ2) is 10.4. The standard InChI is InChI=1S/C18H34N6O2/c1-14(2)21-17(26)13-23-9-11-24(12-10-23)18(19-3)20-8-4-5-16(25)22-15-6-7-15/h14-15H,4-13H2,1-3H3,(H,19,20)(H,21,26)(H,22,25). The Kier molecular flexibility index (Phi) is 8.15. The molecule has 1 heterocycles. The molecule has 2 rings (SSSR count). The van der Waals surface area contributed by atoms with Crippen molar-refractivity contribution in [2.24, 2.45) is 4.99 Å². The second-order valence-corrected chi connectivity index (χ2v) is 7.40. The van der Waals surface area contributed by atoms with Gasteiger partial charge >= 0.3 is 0 Å². The van der Waals surface area contributed by atoms with Crippen LogP contribution in [-0.4, -0.2) is 86.0 Å². The SMILES string of the molecule is CN=C(NCCCC(=O)NC1CC1)N1CCN(CC(=O)NC(C)C)CC1. The van der Waals surface area contributed by atoms with Crippen molar-refractivity contribution in [3.63, 3.8) is 0 Å². The van der Waals surface area contributed by atoms with Gasteiger partial charge in [-0.15, -0.1) is 0 Å². The minimum atomic E-state index is 0.0837. The molecule has 2 amide bonds. The average molecular weight is 367 g/mol. The summed E-state index contributed by atoms with van der Waals surface area (Å²) in [6.07, 6.45) is 3.61. The van der Waals surface area contributed by atoms with Crippen molar-refractivity contribution >= 4 is 17.8 Å². The summed E-state index contributed by atoms with van der Waals surface area (Å²) in [4.78, 5) is 32.3. The van der Waals surface area contributed by atoms with Crippen LogP contribution in [-0.2, 0) is 9.59 Å². The third kappa shape index (κ3) is 7.59. The molecular weight excluding hydrogens is 332 g/mol. The second-order valence-electron chi connectivity index (χ2n) is 7.40. The molecule has 0 aromatic rings. The first kappa shape index (κ1) is 20.5. The van der Waals surface area contributed by atoms with Crippen molar-refractivity contribution < 1.29 is 9.59 Å². The molecule has 8 nitrogen and oxygen atoms in total. The maximum absolute atomic E-state index is 11.9. The lowest BCUT2D eigenvalue weighted by atomic mass is 10.3. The first-order valence-electron chi connectivity index (χ1n) is 9.74. The smallest absolute Gasteiger partial charge is 0.234 e. The Balaban J connectivity index is 1.61. The molecule has 1 aliphatic heterocycles. The third-order valence-electron chi connectivity index (χ3n) is 4.51. The quantitative estimate of drug-likeness (QED) is 0.314. The van der Waals surface area contributed by atoms with Crippen LogP contribution in [0.4, 0.5) is 0 Å². The summed E-state index contributed by atoms with van der Waals surface area (Å²) < 4.78 is 0. The maximum atomic E-state index is 11.9. The van der Waals surface area contributed by atoms with Crippen molar-refractivity contribution in [1.82, 2.24) is 25.8 Å². The fourth-order valence-electron chi connectivity index (χ4n) is 3.00. The normalized spacial score (nSPS) is 18.8. The van der Waals surface area contributed by atoms with E-state index in [-0.39, 0.29) is 17.9 Å². The van der Waals surface area contributed by atoms with Gasteiger partial charge in [0.05, 0.1) is 6.54 Å². The Bertz CT molecular complexity index is 496. The summed E-state index contributed by atoms with van der Waals surface area (Å²) in [6, 6.07) is 0.611. The van der Waals surface area contributed by atoms with Gasteiger partial charge in [0.1, 0.15) is 0 Å². The molecule has 0 atom stereocenters. The van der Waals surface area contributed by atoms with Crippen LogP contribution in [0.5, 0.6) is 0 Å². The van der Waals surface area contributed by atoms with Crippen molar-refractivity contribution in [2.45, 2.75) is 51.6 Å². The molecule has 0 radical (unpaired) electrons. The lowest BCUT2D eigenvalue weighted by molar-refractivity contribution is -0.123. The minimum absolute atomic E-state index is 0.0837. The van der Waals surface area contributed by atoms with E-state index in [9.17, 15) is 9.59 Å². The van der Waals surface area contributed by atoms with Crippen LogP contribution in [0.25, 0.3) is 0 Å². The molecule has 3 N–H and O–H groups in total. The van der Waals surface area contributed by atoms with Crippen molar-refractivity contribution in [3.05, 3.63) is 0 Å².